The van der Waals surface area contributed by atoms with Gasteiger partial charge < -0.3 is 15.4 Å². The second-order valence-electron chi connectivity index (χ2n) is 5.54. The summed E-state index contributed by atoms with van der Waals surface area (Å²) >= 11 is 0. The molecule has 2 aromatic carbocycles. The molecule has 0 aliphatic heterocycles. The molecule has 0 aliphatic rings. The van der Waals surface area contributed by atoms with Crippen molar-refractivity contribution in [2.24, 2.45) is 0 Å². The fourth-order valence-corrected chi connectivity index (χ4v) is 2.38. The van der Waals surface area contributed by atoms with Gasteiger partial charge in [-0.05, 0) is 43.2 Å². The fourth-order valence-electron chi connectivity index (χ4n) is 2.38. The van der Waals surface area contributed by atoms with Gasteiger partial charge in [0.1, 0.15) is 0 Å². The van der Waals surface area contributed by atoms with E-state index >= 15 is 0 Å². The maximum absolute atomic E-state index is 12.0. The summed E-state index contributed by atoms with van der Waals surface area (Å²) in [4.78, 5) is 24.0. The lowest BCUT2D eigenvalue weighted by molar-refractivity contribution is -0.115. The zero-order valence-corrected chi connectivity index (χ0v) is 14.7. The Labute approximate surface area is 148 Å². The van der Waals surface area contributed by atoms with Crippen LogP contribution in [0.15, 0.2) is 48.5 Å². The maximum Gasteiger partial charge on any atom is 0.340 e. The van der Waals surface area contributed by atoms with Crippen LogP contribution in [0.25, 0.3) is 0 Å². The van der Waals surface area contributed by atoms with E-state index in [1.165, 1.54) is 5.56 Å². The Morgan fingerprint density at radius 1 is 1.00 bits per heavy atom. The SMILES string of the molecule is CCOC(=O)c1ccccc1NCCC(=O)Nc1ccc(CC)cc1. The first kappa shape index (κ1) is 18.5. The molecule has 0 fully saturated rings. The smallest absolute Gasteiger partial charge is 0.340 e. The molecule has 1 amide bonds. The number of carbonyl (C=O) groups is 2. The highest BCUT2D eigenvalue weighted by Gasteiger charge is 2.11. The van der Waals surface area contributed by atoms with E-state index in [-0.39, 0.29) is 11.9 Å². The standard InChI is InChI=1S/C20H24N2O3/c1-3-15-9-11-16(12-10-15)22-19(23)13-14-21-18-8-6-5-7-17(18)20(24)25-4-2/h5-12,21H,3-4,13-14H2,1-2H3,(H,22,23). The average molecular weight is 340 g/mol. The zero-order valence-electron chi connectivity index (χ0n) is 14.7. The number of ether oxygens (including phenoxy) is 1. The Morgan fingerprint density at radius 3 is 2.40 bits per heavy atom. The largest absolute Gasteiger partial charge is 0.462 e. The van der Waals surface area contributed by atoms with E-state index in [0.717, 1.165) is 12.1 Å². The molecule has 25 heavy (non-hydrogen) atoms. The molecule has 0 aromatic heterocycles. The summed E-state index contributed by atoms with van der Waals surface area (Å²) in [6.07, 6.45) is 1.27. The van der Waals surface area contributed by atoms with Crippen molar-refractivity contribution in [3.63, 3.8) is 0 Å². The minimum atomic E-state index is -0.369. The molecule has 0 saturated carbocycles. The number of para-hydroxylation sites is 1. The molecule has 0 bridgehead atoms. The van der Waals surface area contributed by atoms with Gasteiger partial charge in [0.05, 0.1) is 12.2 Å². The number of hydrogen-bond acceptors (Lipinski definition) is 4. The van der Waals surface area contributed by atoms with Crippen molar-refractivity contribution in [1.29, 1.82) is 0 Å². The fraction of sp³-hybridized carbons (Fsp3) is 0.300. The van der Waals surface area contributed by atoms with Crippen LogP contribution >= 0.6 is 0 Å². The Bertz CT molecular complexity index is 711. The Balaban J connectivity index is 1.85. The lowest BCUT2D eigenvalue weighted by Gasteiger charge is -2.11. The van der Waals surface area contributed by atoms with Crippen LogP contribution in [0.1, 0.15) is 36.2 Å². The highest BCUT2D eigenvalue weighted by atomic mass is 16.5. The Morgan fingerprint density at radius 2 is 1.72 bits per heavy atom. The van der Waals surface area contributed by atoms with E-state index in [1.807, 2.05) is 30.3 Å². The van der Waals surface area contributed by atoms with Gasteiger partial charge in [0.25, 0.3) is 0 Å². The molecule has 2 aromatic rings. The van der Waals surface area contributed by atoms with Crippen LogP contribution in [0, 0.1) is 0 Å². The van der Waals surface area contributed by atoms with Gasteiger partial charge in [-0.3, -0.25) is 4.79 Å². The van der Waals surface area contributed by atoms with E-state index in [4.69, 9.17) is 4.74 Å². The predicted molar refractivity (Wildman–Crippen MR) is 100.0 cm³/mol. The molecule has 2 rings (SSSR count). The van der Waals surface area contributed by atoms with E-state index in [0.29, 0.717) is 30.8 Å². The van der Waals surface area contributed by atoms with Gasteiger partial charge in [-0.1, -0.05) is 31.2 Å². The highest BCUT2D eigenvalue weighted by molar-refractivity contribution is 5.96. The second-order valence-corrected chi connectivity index (χ2v) is 5.54. The summed E-state index contributed by atoms with van der Waals surface area (Å²) in [6.45, 7) is 4.61. The lowest BCUT2D eigenvalue weighted by atomic mass is 10.1. The quantitative estimate of drug-likeness (QED) is 0.716. The molecule has 5 heteroatoms. The van der Waals surface area contributed by atoms with Crippen LogP contribution < -0.4 is 10.6 Å². The summed E-state index contributed by atoms with van der Waals surface area (Å²) in [5, 5.41) is 5.99. The van der Waals surface area contributed by atoms with Gasteiger partial charge in [-0.25, -0.2) is 4.79 Å². The molecule has 2 N–H and O–H groups in total. The third-order valence-corrected chi connectivity index (χ3v) is 3.74. The van der Waals surface area contributed by atoms with Crippen molar-refractivity contribution in [3.05, 3.63) is 59.7 Å². The van der Waals surface area contributed by atoms with Crippen LogP contribution in [-0.2, 0) is 16.0 Å². The summed E-state index contributed by atoms with van der Waals surface area (Å²) in [7, 11) is 0. The third-order valence-electron chi connectivity index (χ3n) is 3.74. The number of carbonyl (C=O) groups excluding carboxylic acids is 2. The summed E-state index contributed by atoms with van der Waals surface area (Å²) in [6, 6.07) is 14.9. The number of amides is 1. The summed E-state index contributed by atoms with van der Waals surface area (Å²) in [5.74, 6) is -0.448. The van der Waals surface area contributed by atoms with Crippen molar-refractivity contribution in [1.82, 2.24) is 0 Å². The van der Waals surface area contributed by atoms with Gasteiger partial charge in [0.15, 0.2) is 0 Å². The van der Waals surface area contributed by atoms with Gasteiger partial charge in [0.2, 0.25) is 5.91 Å². The Kier molecular flexibility index (Phi) is 7.01. The van der Waals surface area contributed by atoms with Gasteiger partial charge in [0, 0.05) is 24.3 Å². The number of esters is 1. The second kappa shape index (κ2) is 9.47. The maximum atomic E-state index is 12.0. The van der Waals surface area contributed by atoms with E-state index < -0.39 is 0 Å². The van der Waals surface area contributed by atoms with E-state index in [9.17, 15) is 9.59 Å². The topological polar surface area (TPSA) is 67.4 Å². The molecule has 0 saturated heterocycles. The van der Waals surface area contributed by atoms with Crippen molar-refractivity contribution in [3.8, 4) is 0 Å². The lowest BCUT2D eigenvalue weighted by Crippen LogP contribution is -2.17. The van der Waals surface area contributed by atoms with Gasteiger partial charge in [-0.2, -0.15) is 0 Å². The molecule has 0 unspecified atom stereocenters. The number of nitrogens with one attached hydrogen (secondary N) is 2. The predicted octanol–water partition coefficient (Wildman–Crippen LogP) is 3.87. The molecular formula is C20H24N2O3. The van der Waals surface area contributed by atoms with Crippen LogP contribution in [0.2, 0.25) is 0 Å². The normalized spacial score (nSPS) is 10.2. The van der Waals surface area contributed by atoms with Crippen LogP contribution in [0.4, 0.5) is 11.4 Å². The molecule has 5 nitrogen and oxygen atoms in total. The van der Waals surface area contributed by atoms with Crippen molar-refractivity contribution >= 4 is 23.3 Å². The average Bonchev–Trinajstić information content (AvgIpc) is 2.63. The summed E-state index contributed by atoms with van der Waals surface area (Å²) in [5.41, 5.74) is 3.16. The van der Waals surface area contributed by atoms with Crippen LogP contribution in [-0.4, -0.2) is 25.0 Å². The van der Waals surface area contributed by atoms with Gasteiger partial charge in [-0.15, -0.1) is 0 Å². The van der Waals surface area contributed by atoms with Crippen LogP contribution in [0.5, 0.6) is 0 Å². The molecule has 0 atom stereocenters. The Hall–Kier alpha value is -2.82. The van der Waals surface area contributed by atoms with E-state index in [2.05, 4.69) is 17.6 Å². The van der Waals surface area contributed by atoms with Crippen molar-refractivity contribution in [2.75, 3.05) is 23.8 Å². The molecular weight excluding hydrogens is 316 g/mol. The minimum absolute atomic E-state index is 0.0784. The number of aryl methyl sites for hydroxylation is 1. The molecule has 0 spiro atoms. The summed E-state index contributed by atoms with van der Waals surface area (Å²) < 4.78 is 5.04. The van der Waals surface area contributed by atoms with Gasteiger partial charge >= 0.3 is 5.97 Å². The number of rotatable bonds is 8. The molecule has 0 aliphatic carbocycles. The molecule has 132 valence electrons. The van der Waals surface area contributed by atoms with Crippen LogP contribution in [0.3, 0.4) is 0 Å². The minimum Gasteiger partial charge on any atom is -0.462 e. The monoisotopic (exact) mass is 340 g/mol. The third kappa shape index (κ3) is 5.64. The first-order chi connectivity index (χ1) is 12.1. The van der Waals surface area contributed by atoms with Crippen molar-refractivity contribution in [2.45, 2.75) is 26.7 Å². The zero-order chi connectivity index (χ0) is 18.1. The first-order valence-corrected chi connectivity index (χ1v) is 8.52. The van der Waals surface area contributed by atoms with Crippen molar-refractivity contribution < 1.29 is 14.3 Å². The molecule has 0 radical (unpaired) electrons. The number of anilines is 2. The number of benzene rings is 2. The van der Waals surface area contributed by atoms with E-state index in [1.54, 1.807) is 25.1 Å². The highest BCUT2D eigenvalue weighted by Crippen LogP contribution is 2.16. The number of hydrogen-bond donors (Lipinski definition) is 2. The molecule has 0 heterocycles. The first-order valence-electron chi connectivity index (χ1n) is 8.52.